The van der Waals surface area contributed by atoms with Crippen LogP contribution >= 0.6 is 0 Å². The minimum Gasteiger partial charge on any atom is -0.294 e. The van der Waals surface area contributed by atoms with Gasteiger partial charge in [-0.25, -0.2) is 13.1 Å². The fourth-order valence-electron chi connectivity index (χ4n) is 0.971. The average molecular weight is 240 g/mol. The number of sulfonamides is 1. The predicted molar refractivity (Wildman–Crippen MR) is 60.2 cm³/mol. The zero-order valence-electron chi connectivity index (χ0n) is 8.80. The Labute approximate surface area is 94.3 Å². The van der Waals surface area contributed by atoms with Crippen LogP contribution in [0.3, 0.4) is 0 Å². The smallest absolute Gasteiger partial charge is 0.233 e. The van der Waals surface area contributed by atoms with Gasteiger partial charge in [0.2, 0.25) is 10.0 Å². The summed E-state index contributed by atoms with van der Waals surface area (Å²) in [7, 11) is -3.44. The molecule has 0 aliphatic heterocycles. The van der Waals surface area contributed by atoms with Gasteiger partial charge in [-0.3, -0.25) is 9.78 Å². The highest BCUT2D eigenvalue weighted by molar-refractivity contribution is 7.92. The van der Waals surface area contributed by atoms with Gasteiger partial charge >= 0.3 is 0 Å². The first kappa shape index (κ1) is 12.5. The number of hydrogen-bond donors (Lipinski definition) is 1. The number of aromatic nitrogens is 1. The summed E-state index contributed by atoms with van der Waals surface area (Å²) >= 11 is 0. The monoisotopic (exact) mass is 240 g/mol. The number of hydrogen-bond acceptors (Lipinski definition) is 4. The molecular formula is C10H12N2O3S. The highest BCUT2D eigenvalue weighted by atomic mass is 32.2. The molecule has 0 unspecified atom stereocenters. The molecule has 0 atom stereocenters. The van der Waals surface area contributed by atoms with Crippen LogP contribution in [0, 0.1) is 0 Å². The molecule has 0 amide bonds. The lowest BCUT2D eigenvalue weighted by atomic mass is 10.2. The lowest BCUT2D eigenvalue weighted by Crippen LogP contribution is -2.20. The van der Waals surface area contributed by atoms with Gasteiger partial charge in [0.25, 0.3) is 0 Å². The van der Waals surface area contributed by atoms with Crippen molar-refractivity contribution in [2.45, 2.75) is 13.5 Å². The first-order chi connectivity index (χ1) is 7.44. The first-order valence-corrected chi connectivity index (χ1v) is 6.07. The molecule has 1 heterocycles. The van der Waals surface area contributed by atoms with Gasteiger partial charge in [0.1, 0.15) is 0 Å². The number of carbonyl (C=O) groups is 1. The Bertz CT molecular complexity index is 491. The second kappa shape index (κ2) is 5.00. The SMILES string of the molecule is C=CS(=O)(=O)NCc1ccc(C(C)=O)cn1. The summed E-state index contributed by atoms with van der Waals surface area (Å²) in [5, 5.41) is 0.830. The van der Waals surface area contributed by atoms with Gasteiger partial charge in [-0.1, -0.05) is 6.58 Å². The van der Waals surface area contributed by atoms with Crippen molar-refractivity contribution in [3.05, 3.63) is 41.6 Å². The van der Waals surface area contributed by atoms with E-state index in [9.17, 15) is 13.2 Å². The van der Waals surface area contributed by atoms with Crippen LogP contribution in [0.1, 0.15) is 23.0 Å². The molecule has 0 aromatic carbocycles. The van der Waals surface area contributed by atoms with Crippen LogP contribution in [0.25, 0.3) is 0 Å². The second-order valence-electron chi connectivity index (χ2n) is 3.13. The molecule has 6 heteroatoms. The van der Waals surface area contributed by atoms with Crippen LogP contribution in [0.2, 0.25) is 0 Å². The summed E-state index contributed by atoms with van der Waals surface area (Å²) in [5.41, 5.74) is 1.03. The van der Waals surface area contributed by atoms with Crippen molar-refractivity contribution in [2.75, 3.05) is 0 Å². The lowest BCUT2D eigenvalue weighted by Gasteiger charge is -2.02. The quantitative estimate of drug-likeness (QED) is 0.774. The summed E-state index contributed by atoms with van der Waals surface area (Å²) in [6.45, 7) is 4.68. The Morgan fingerprint density at radius 3 is 2.69 bits per heavy atom. The number of nitrogens with one attached hydrogen (secondary N) is 1. The van der Waals surface area contributed by atoms with Crippen LogP contribution < -0.4 is 4.72 Å². The van der Waals surface area contributed by atoms with E-state index in [4.69, 9.17) is 0 Å². The molecule has 1 rings (SSSR count). The minimum absolute atomic E-state index is 0.0759. The maximum absolute atomic E-state index is 11.0. The molecule has 0 bridgehead atoms. The van der Waals surface area contributed by atoms with Gasteiger partial charge in [-0.05, 0) is 19.1 Å². The van der Waals surface area contributed by atoms with Gasteiger partial charge in [0.05, 0.1) is 12.2 Å². The number of Topliss-reactive ketones (excluding diaryl/α,β-unsaturated/α-hetero) is 1. The van der Waals surface area contributed by atoms with Crippen molar-refractivity contribution >= 4 is 15.8 Å². The van der Waals surface area contributed by atoms with Crippen molar-refractivity contribution in [3.8, 4) is 0 Å². The van der Waals surface area contributed by atoms with Crippen molar-refractivity contribution < 1.29 is 13.2 Å². The third-order valence-corrected chi connectivity index (χ3v) is 2.89. The Morgan fingerprint density at radius 2 is 2.25 bits per heavy atom. The van der Waals surface area contributed by atoms with Crippen LogP contribution in [0.4, 0.5) is 0 Å². The van der Waals surface area contributed by atoms with Crippen LogP contribution in [0.15, 0.2) is 30.3 Å². The second-order valence-corrected chi connectivity index (χ2v) is 4.84. The van der Waals surface area contributed by atoms with Crippen molar-refractivity contribution in [2.24, 2.45) is 0 Å². The molecule has 0 aliphatic carbocycles. The molecule has 0 fully saturated rings. The fraction of sp³-hybridized carbons (Fsp3) is 0.200. The Balaban J connectivity index is 2.70. The van der Waals surface area contributed by atoms with Crippen LogP contribution in [-0.4, -0.2) is 19.2 Å². The number of pyridine rings is 1. The zero-order valence-corrected chi connectivity index (χ0v) is 9.62. The number of rotatable bonds is 5. The molecule has 0 aliphatic rings. The highest BCUT2D eigenvalue weighted by Crippen LogP contribution is 2.01. The van der Waals surface area contributed by atoms with E-state index in [-0.39, 0.29) is 12.3 Å². The van der Waals surface area contributed by atoms with E-state index in [0.29, 0.717) is 11.3 Å². The van der Waals surface area contributed by atoms with Gasteiger partial charge in [0, 0.05) is 17.2 Å². The molecular weight excluding hydrogens is 228 g/mol. The fourth-order valence-corrected chi connectivity index (χ4v) is 1.44. The van der Waals surface area contributed by atoms with E-state index < -0.39 is 10.0 Å². The van der Waals surface area contributed by atoms with Gasteiger partial charge < -0.3 is 0 Å². The van der Waals surface area contributed by atoms with Crippen molar-refractivity contribution in [3.63, 3.8) is 0 Å². The van der Waals surface area contributed by atoms with E-state index >= 15 is 0 Å². The number of carbonyl (C=O) groups excluding carboxylic acids is 1. The maximum atomic E-state index is 11.0. The number of ketones is 1. The standard InChI is InChI=1S/C10H12N2O3S/c1-3-16(14,15)12-7-10-5-4-9(6-11-10)8(2)13/h3-6,12H,1,7H2,2H3. The molecule has 86 valence electrons. The molecule has 0 saturated carbocycles. The molecule has 1 aromatic rings. The summed E-state index contributed by atoms with van der Waals surface area (Å²) in [6.07, 6.45) is 1.42. The van der Waals surface area contributed by atoms with E-state index in [1.807, 2.05) is 0 Å². The van der Waals surface area contributed by atoms with E-state index in [1.54, 1.807) is 12.1 Å². The largest absolute Gasteiger partial charge is 0.294 e. The maximum Gasteiger partial charge on any atom is 0.233 e. The highest BCUT2D eigenvalue weighted by Gasteiger charge is 2.05. The topological polar surface area (TPSA) is 76.1 Å². The zero-order chi connectivity index (χ0) is 12.2. The molecule has 0 radical (unpaired) electrons. The normalized spacial score (nSPS) is 11.1. The third kappa shape index (κ3) is 3.56. The van der Waals surface area contributed by atoms with Crippen molar-refractivity contribution in [1.29, 1.82) is 0 Å². The molecule has 1 N–H and O–H groups in total. The average Bonchev–Trinajstić information content (AvgIpc) is 2.27. The summed E-state index contributed by atoms with van der Waals surface area (Å²) < 4.78 is 24.4. The van der Waals surface area contributed by atoms with Crippen LogP contribution in [-0.2, 0) is 16.6 Å². The van der Waals surface area contributed by atoms with Crippen molar-refractivity contribution in [1.82, 2.24) is 9.71 Å². The molecule has 16 heavy (non-hydrogen) atoms. The van der Waals surface area contributed by atoms with Gasteiger partial charge in [-0.2, -0.15) is 0 Å². The minimum atomic E-state index is -3.44. The van der Waals surface area contributed by atoms with E-state index in [0.717, 1.165) is 5.41 Å². The Hall–Kier alpha value is -1.53. The first-order valence-electron chi connectivity index (χ1n) is 4.52. The predicted octanol–water partition coefficient (Wildman–Crippen LogP) is 0.847. The van der Waals surface area contributed by atoms with E-state index in [2.05, 4.69) is 16.3 Å². The summed E-state index contributed by atoms with van der Waals surface area (Å²) in [4.78, 5) is 14.9. The molecule has 5 nitrogen and oxygen atoms in total. The Morgan fingerprint density at radius 1 is 1.56 bits per heavy atom. The van der Waals surface area contributed by atoms with Gasteiger partial charge in [-0.15, -0.1) is 0 Å². The van der Waals surface area contributed by atoms with Gasteiger partial charge in [0.15, 0.2) is 5.78 Å². The van der Waals surface area contributed by atoms with E-state index in [1.165, 1.54) is 13.1 Å². The molecule has 0 spiro atoms. The third-order valence-electron chi connectivity index (χ3n) is 1.91. The summed E-state index contributed by atoms with van der Waals surface area (Å²) in [6, 6.07) is 3.20. The van der Waals surface area contributed by atoms with Crippen LogP contribution in [0.5, 0.6) is 0 Å². The Kier molecular flexibility index (Phi) is 3.92. The number of nitrogens with zero attached hydrogens (tertiary/aromatic N) is 1. The summed E-state index contributed by atoms with van der Waals surface area (Å²) in [5.74, 6) is -0.0780. The lowest BCUT2D eigenvalue weighted by molar-refractivity contribution is 0.101. The molecule has 0 saturated heterocycles. The molecule has 1 aromatic heterocycles.